The Morgan fingerprint density at radius 1 is 0.447 bits per heavy atom. The number of amides is 2. The van der Waals surface area contributed by atoms with Gasteiger partial charge in [-0.2, -0.15) is 0 Å². The monoisotopic (exact) mass is 655 g/mol. The third-order valence-electron chi connectivity index (χ3n) is 5.24. The Labute approximate surface area is 292 Å². The second-order valence-electron chi connectivity index (χ2n) is 7.38. The number of nitrogens with one attached hydrogen (secondary N) is 2. The molecule has 3 aliphatic rings. The first-order valence-corrected chi connectivity index (χ1v) is 17.9. The van der Waals surface area contributed by atoms with Gasteiger partial charge in [-0.05, 0) is 34.4 Å². The fourth-order valence-corrected chi connectivity index (χ4v) is 3.72. The summed E-state index contributed by atoms with van der Waals surface area (Å²) in [6, 6.07) is 23.4. The van der Waals surface area contributed by atoms with Crippen LogP contribution in [0.4, 0.5) is 5.69 Å². The van der Waals surface area contributed by atoms with Crippen molar-refractivity contribution in [2.24, 2.45) is 0 Å². The topological polar surface area (TPSA) is 75.3 Å². The maximum Gasteiger partial charge on any atom is 0.251 e. The number of hydrogen-bond donors (Lipinski definition) is 2. The molecular weight excluding hydrogens is 580 g/mol. The third kappa shape index (κ3) is 23.3. The quantitative estimate of drug-likeness (QED) is 0.253. The van der Waals surface area contributed by atoms with Gasteiger partial charge in [0.1, 0.15) is 5.78 Å². The van der Waals surface area contributed by atoms with Gasteiger partial charge in [-0.3, -0.25) is 14.4 Å². The number of carbonyl (C=O) groups excluding carboxylic acids is 3. The van der Waals surface area contributed by atoms with E-state index < -0.39 is 0 Å². The highest BCUT2D eigenvalue weighted by Gasteiger charge is 2.17. The smallest absolute Gasteiger partial charge is 0.251 e. The summed E-state index contributed by atoms with van der Waals surface area (Å²) < 4.78 is 0. The van der Waals surface area contributed by atoms with Gasteiger partial charge in [0.25, 0.3) is 5.91 Å². The number of carbonyl (C=O) groups is 3. The van der Waals surface area contributed by atoms with E-state index in [-0.39, 0.29) is 19.2 Å². The number of ketones is 1. The van der Waals surface area contributed by atoms with Gasteiger partial charge in [0.05, 0.1) is 6.42 Å². The summed E-state index contributed by atoms with van der Waals surface area (Å²) >= 11 is 0. The van der Waals surface area contributed by atoms with Crippen LogP contribution >= 0.6 is 0 Å². The normalized spacial score (nSPS) is 10.5. The number of benzene rings is 3. The second kappa shape index (κ2) is 42.3. The summed E-state index contributed by atoms with van der Waals surface area (Å²) in [7, 11) is 0. The molecule has 3 aromatic rings. The molecule has 0 atom stereocenters. The Bertz CT molecular complexity index is 1010. The van der Waals surface area contributed by atoms with Crippen molar-refractivity contribution in [3.05, 3.63) is 101 Å². The highest BCUT2D eigenvalue weighted by atomic mass is 16.2. The maximum atomic E-state index is 11.0. The van der Waals surface area contributed by atoms with E-state index in [1.54, 1.807) is 0 Å². The second-order valence-corrected chi connectivity index (χ2v) is 7.38. The first-order chi connectivity index (χ1) is 22.6. The average molecular weight is 655 g/mol. The Morgan fingerprint density at radius 3 is 1.21 bits per heavy atom. The molecular formula is C42H74N2O3. The molecule has 2 aliphatic heterocycles. The molecule has 0 spiro atoms. The molecule has 5 nitrogen and oxygen atoms in total. The fraction of sp³-hybridized carbons (Fsp3) is 0.500. The number of rotatable bonds is 0. The fourth-order valence-electron chi connectivity index (χ4n) is 3.72. The Balaban J connectivity index is -0.000000110. The zero-order chi connectivity index (χ0) is 36.9. The summed E-state index contributed by atoms with van der Waals surface area (Å²) in [6.45, 7) is 32.7. The van der Waals surface area contributed by atoms with Crippen molar-refractivity contribution >= 4 is 23.3 Å². The Kier molecular flexibility index (Phi) is 50.1. The van der Waals surface area contributed by atoms with E-state index in [0.717, 1.165) is 22.4 Å². The van der Waals surface area contributed by atoms with E-state index in [0.29, 0.717) is 31.6 Å². The summed E-state index contributed by atoms with van der Waals surface area (Å²) in [6.07, 6.45) is 1.84. The lowest BCUT2D eigenvalue weighted by Crippen LogP contribution is -2.12. The molecule has 0 saturated carbocycles. The van der Waals surface area contributed by atoms with E-state index >= 15 is 0 Å². The number of fused-ring (bicyclic) bond motifs is 3. The highest BCUT2D eigenvalue weighted by Crippen LogP contribution is 2.21. The Morgan fingerprint density at radius 2 is 0.809 bits per heavy atom. The number of anilines is 1. The van der Waals surface area contributed by atoms with Crippen molar-refractivity contribution in [1.29, 1.82) is 0 Å². The van der Waals surface area contributed by atoms with Crippen molar-refractivity contribution in [3.63, 3.8) is 0 Å². The molecule has 0 aromatic heterocycles. The first kappa shape index (κ1) is 55.7. The summed E-state index contributed by atoms with van der Waals surface area (Å²) in [5, 5.41) is 5.50. The van der Waals surface area contributed by atoms with Gasteiger partial charge >= 0.3 is 0 Å². The lowest BCUT2D eigenvalue weighted by Gasteiger charge is -1.93. The zero-order valence-corrected chi connectivity index (χ0v) is 32.5. The van der Waals surface area contributed by atoms with E-state index in [1.807, 2.05) is 184 Å². The first-order valence-electron chi connectivity index (χ1n) is 17.9. The van der Waals surface area contributed by atoms with Crippen LogP contribution in [0.1, 0.15) is 151 Å². The van der Waals surface area contributed by atoms with Crippen LogP contribution in [0.3, 0.4) is 0 Å². The molecule has 0 radical (unpaired) electrons. The molecule has 2 heterocycles. The van der Waals surface area contributed by atoms with Gasteiger partial charge in [-0.1, -0.05) is 179 Å². The predicted octanol–water partition coefficient (Wildman–Crippen LogP) is 12.3. The largest absolute Gasteiger partial charge is 0.348 e. The number of Topliss-reactive ketones (excluding diaryl/α,β-unsaturated/α-hetero) is 1. The molecule has 5 heteroatoms. The predicted molar refractivity (Wildman–Crippen MR) is 213 cm³/mol. The maximum absolute atomic E-state index is 11.0. The third-order valence-corrected chi connectivity index (χ3v) is 5.24. The van der Waals surface area contributed by atoms with Crippen LogP contribution in [0.25, 0.3) is 0 Å². The van der Waals surface area contributed by atoms with Gasteiger partial charge < -0.3 is 10.6 Å². The lowest BCUT2D eigenvalue weighted by molar-refractivity contribution is -0.117. The number of para-hydroxylation sites is 1. The molecule has 47 heavy (non-hydrogen) atoms. The summed E-state index contributed by atoms with van der Waals surface area (Å²) in [4.78, 5) is 32.6. The van der Waals surface area contributed by atoms with E-state index in [9.17, 15) is 14.4 Å². The molecule has 0 bridgehead atoms. The lowest BCUT2D eigenvalue weighted by atomic mass is 10.1. The minimum atomic E-state index is 0. The standard InChI is InChI=1S/C9H8O.2C8H7NO.8C2H6.CH4/c10-9-5-7-3-1-2-4-8(7)6-9;10-8-7-4-2-1-3-6(7)5-9-8;10-8-5-6-3-1-2-4-7(6)9-8;8*1-2;/h1-4H,5-6H2;2*1-4H,5H2,(H,9,10);8*1-2H3;1H4. The zero-order valence-electron chi connectivity index (χ0n) is 32.5. The van der Waals surface area contributed by atoms with Crippen LogP contribution in [0.5, 0.6) is 0 Å². The van der Waals surface area contributed by atoms with Gasteiger partial charge in [-0.25, -0.2) is 0 Å². The molecule has 1 aliphatic carbocycles. The number of hydrogen-bond acceptors (Lipinski definition) is 3. The molecule has 270 valence electrons. The van der Waals surface area contributed by atoms with E-state index in [1.165, 1.54) is 11.1 Å². The van der Waals surface area contributed by atoms with Crippen LogP contribution in [-0.2, 0) is 35.4 Å². The van der Waals surface area contributed by atoms with Crippen LogP contribution in [0.2, 0.25) is 0 Å². The van der Waals surface area contributed by atoms with Gasteiger partial charge in [0.15, 0.2) is 0 Å². The van der Waals surface area contributed by atoms with Crippen molar-refractivity contribution in [2.45, 2.75) is 144 Å². The molecule has 2 N–H and O–H groups in total. The molecule has 0 unspecified atom stereocenters. The van der Waals surface area contributed by atoms with E-state index in [4.69, 9.17) is 0 Å². The van der Waals surface area contributed by atoms with Gasteiger partial charge in [-0.15, -0.1) is 0 Å². The Hall–Kier alpha value is -3.73. The van der Waals surface area contributed by atoms with Gasteiger partial charge in [0.2, 0.25) is 5.91 Å². The van der Waals surface area contributed by atoms with Crippen molar-refractivity contribution < 1.29 is 14.4 Å². The molecule has 0 fully saturated rings. The van der Waals surface area contributed by atoms with Crippen LogP contribution in [0.15, 0.2) is 72.8 Å². The van der Waals surface area contributed by atoms with Crippen molar-refractivity contribution in [1.82, 2.24) is 5.32 Å². The van der Waals surface area contributed by atoms with Crippen molar-refractivity contribution in [2.75, 3.05) is 5.32 Å². The average Bonchev–Trinajstić information content (AvgIpc) is 3.87. The minimum Gasteiger partial charge on any atom is -0.348 e. The van der Waals surface area contributed by atoms with Gasteiger partial charge in [0, 0.05) is 30.6 Å². The molecule has 0 saturated heterocycles. The molecule has 2 amide bonds. The minimum absolute atomic E-state index is 0. The van der Waals surface area contributed by atoms with E-state index in [2.05, 4.69) is 10.6 Å². The molecule has 3 aromatic carbocycles. The van der Waals surface area contributed by atoms with Crippen LogP contribution < -0.4 is 10.6 Å². The van der Waals surface area contributed by atoms with Crippen molar-refractivity contribution in [3.8, 4) is 0 Å². The summed E-state index contributed by atoms with van der Waals surface area (Å²) in [5.74, 6) is 0.498. The van der Waals surface area contributed by atoms with Crippen LogP contribution in [0, 0.1) is 0 Å². The van der Waals surface area contributed by atoms with Crippen LogP contribution in [-0.4, -0.2) is 17.6 Å². The SMILES string of the molecule is C.CC.CC.CC.CC.CC.CC.CC.CC.O=C1Cc2ccccc2C1.O=C1Cc2ccccc2N1.O=C1NCc2ccccc21. The summed E-state index contributed by atoms with van der Waals surface area (Å²) in [5.41, 5.74) is 6.43. The molecule has 6 rings (SSSR count). The highest BCUT2D eigenvalue weighted by molar-refractivity contribution is 5.99.